The van der Waals surface area contributed by atoms with E-state index in [1.807, 2.05) is 0 Å². The van der Waals surface area contributed by atoms with Crippen LogP contribution in [0, 0.1) is 0 Å². The first kappa shape index (κ1) is 16.8. The minimum atomic E-state index is -0.911. The molecule has 0 amide bonds. The third kappa shape index (κ3) is 2.50. The van der Waals surface area contributed by atoms with Crippen molar-refractivity contribution in [3.63, 3.8) is 0 Å². The first-order chi connectivity index (χ1) is 12.1. The van der Waals surface area contributed by atoms with E-state index in [4.69, 9.17) is 18.9 Å². The first-order valence-corrected chi connectivity index (χ1v) is 7.62. The van der Waals surface area contributed by atoms with E-state index in [0.717, 1.165) is 0 Å². The van der Waals surface area contributed by atoms with E-state index in [1.165, 1.54) is 27.4 Å². The average Bonchev–Trinajstić information content (AvgIpc) is 2.90. The zero-order valence-corrected chi connectivity index (χ0v) is 14.4. The molecule has 6 nitrogen and oxygen atoms in total. The van der Waals surface area contributed by atoms with Crippen LogP contribution in [-0.2, 0) is 0 Å². The van der Waals surface area contributed by atoms with Gasteiger partial charge in [-0.3, -0.25) is 9.59 Å². The highest BCUT2D eigenvalue weighted by molar-refractivity contribution is 6.31. The zero-order chi connectivity index (χ0) is 18.1. The summed E-state index contributed by atoms with van der Waals surface area (Å²) in [6, 6.07) is 8.40. The van der Waals surface area contributed by atoms with Gasteiger partial charge in [0.25, 0.3) is 0 Å². The number of methoxy groups -OCH3 is 4. The van der Waals surface area contributed by atoms with Crippen molar-refractivity contribution in [1.82, 2.24) is 0 Å². The number of carbonyl (C=O) groups excluding carboxylic acids is 2. The molecule has 130 valence electrons. The fourth-order valence-electron chi connectivity index (χ4n) is 3.11. The lowest BCUT2D eigenvalue weighted by atomic mass is 9.94. The predicted octanol–water partition coefficient (Wildman–Crippen LogP) is 2.88. The van der Waals surface area contributed by atoms with Crippen LogP contribution >= 0.6 is 0 Å². The molecule has 0 fully saturated rings. The van der Waals surface area contributed by atoms with Crippen LogP contribution in [0.25, 0.3) is 0 Å². The van der Waals surface area contributed by atoms with Gasteiger partial charge in [0.1, 0.15) is 11.7 Å². The van der Waals surface area contributed by atoms with Gasteiger partial charge >= 0.3 is 0 Å². The van der Waals surface area contributed by atoms with E-state index in [1.54, 1.807) is 31.4 Å². The molecule has 3 rings (SSSR count). The number of fused-ring (bicyclic) bond motifs is 1. The summed E-state index contributed by atoms with van der Waals surface area (Å²) >= 11 is 0. The Morgan fingerprint density at radius 2 is 1.40 bits per heavy atom. The Balaban J connectivity index is 2.15. The number of benzene rings is 2. The van der Waals surface area contributed by atoms with E-state index in [-0.39, 0.29) is 28.4 Å². The van der Waals surface area contributed by atoms with Gasteiger partial charge in [0.05, 0.1) is 34.0 Å². The summed E-state index contributed by atoms with van der Waals surface area (Å²) in [5, 5.41) is 0. The number of carbonyl (C=O) groups is 2. The van der Waals surface area contributed by atoms with Gasteiger partial charge in [-0.1, -0.05) is 12.1 Å². The number of hydrogen-bond donors (Lipinski definition) is 0. The Hall–Kier alpha value is -3.02. The second-order valence-electron chi connectivity index (χ2n) is 5.50. The molecule has 0 saturated carbocycles. The Morgan fingerprint density at radius 1 is 0.760 bits per heavy atom. The lowest BCUT2D eigenvalue weighted by molar-refractivity contribution is 0.0889. The number of hydrogen-bond acceptors (Lipinski definition) is 6. The van der Waals surface area contributed by atoms with Gasteiger partial charge in [0, 0.05) is 5.56 Å². The third-order valence-corrected chi connectivity index (χ3v) is 4.32. The molecule has 1 atom stereocenters. The van der Waals surface area contributed by atoms with E-state index in [2.05, 4.69) is 0 Å². The molecule has 0 bridgehead atoms. The lowest BCUT2D eigenvalue weighted by Crippen LogP contribution is -2.12. The Kier molecular flexibility index (Phi) is 4.35. The highest BCUT2D eigenvalue weighted by Crippen LogP contribution is 2.48. The van der Waals surface area contributed by atoms with Gasteiger partial charge in [-0.15, -0.1) is 0 Å². The van der Waals surface area contributed by atoms with Crippen molar-refractivity contribution >= 4 is 11.6 Å². The van der Waals surface area contributed by atoms with Gasteiger partial charge in [-0.25, -0.2) is 0 Å². The van der Waals surface area contributed by atoms with Crippen LogP contribution in [0.2, 0.25) is 0 Å². The molecule has 0 saturated heterocycles. The predicted molar refractivity (Wildman–Crippen MR) is 90.5 cm³/mol. The monoisotopic (exact) mass is 342 g/mol. The van der Waals surface area contributed by atoms with Crippen LogP contribution in [0.5, 0.6) is 23.0 Å². The van der Waals surface area contributed by atoms with Gasteiger partial charge in [0.15, 0.2) is 23.1 Å². The molecule has 1 aliphatic rings. The SMILES string of the molecule is COc1ccc(C2C(=O)c3cc(OC)c(OC)c(OC)c3C2=O)cc1. The highest BCUT2D eigenvalue weighted by atomic mass is 16.5. The maximum absolute atomic E-state index is 13.0. The molecule has 6 heteroatoms. The lowest BCUT2D eigenvalue weighted by Gasteiger charge is -2.14. The summed E-state index contributed by atoms with van der Waals surface area (Å²) in [5.41, 5.74) is 1.11. The summed E-state index contributed by atoms with van der Waals surface area (Å²) in [6.45, 7) is 0. The van der Waals surface area contributed by atoms with Crippen LogP contribution in [0.15, 0.2) is 30.3 Å². The first-order valence-electron chi connectivity index (χ1n) is 7.62. The van der Waals surface area contributed by atoms with Crippen molar-refractivity contribution in [2.24, 2.45) is 0 Å². The molecule has 0 spiro atoms. The summed E-state index contributed by atoms with van der Waals surface area (Å²) in [5.74, 6) is -0.0137. The Bertz CT molecular complexity index is 838. The topological polar surface area (TPSA) is 71.1 Å². The summed E-state index contributed by atoms with van der Waals surface area (Å²) in [6.07, 6.45) is 0. The summed E-state index contributed by atoms with van der Waals surface area (Å²) < 4.78 is 21.1. The van der Waals surface area contributed by atoms with E-state index >= 15 is 0 Å². The van der Waals surface area contributed by atoms with Crippen LogP contribution in [0.3, 0.4) is 0 Å². The number of rotatable bonds is 5. The minimum absolute atomic E-state index is 0.214. The molecule has 2 aromatic rings. The van der Waals surface area contributed by atoms with Crippen LogP contribution in [0.4, 0.5) is 0 Å². The zero-order valence-electron chi connectivity index (χ0n) is 14.4. The molecule has 25 heavy (non-hydrogen) atoms. The Morgan fingerprint density at radius 3 is 1.92 bits per heavy atom. The van der Waals surface area contributed by atoms with E-state index in [9.17, 15) is 9.59 Å². The second kappa shape index (κ2) is 6.47. The molecule has 0 aliphatic heterocycles. The van der Waals surface area contributed by atoms with Crippen LogP contribution in [0.1, 0.15) is 32.2 Å². The quantitative estimate of drug-likeness (QED) is 0.778. The van der Waals surface area contributed by atoms with Gasteiger partial charge in [-0.05, 0) is 23.8 Å². The Labute approximate surface area is 145 Å². The van der Waals surface area contributed by atoms with Crippen LogP contribution in [-0.4, -0.2) is 40.0 Å². The van der Waals surface area contributed by atoms with Crippen molar-refractivity contribution in [3.8, 4) is 23.0 Å². The largest absolute Gasteiger partial charge is 0.497 e. The maximum Gasteiger partial charge on any atom is 0.204 e. The number of Topliss-reactive ketones (excluding diaryl/α,β-unsaturated/α-hetero) is 2. The molecule has 2 aromatic carbocycles. The normalized spacial score (nSPS) is 15.8. The van der Waals surface area contributed by atoms with Crippen molar-refractivity contribution in [1.29, 1.82) is 0 Å². The van der Waals surface area contributed by atoms with Crippen molar-refractivity contribution in [2.45, 2.75) is 5.92 Å². The molecular weight excluding hydrogens is 324 g/mol. The summed E-state index contributed by atoms with van der Waals surface area (Å²) in [4.78, 5) is 25.9. The third-order valence-electron chi connectivity index (χ3n) is 4.32. The molecule has 0 aromatic heterocycles. The smallest absolute Gasteiger partial charge is 0.204 e. The number of ketones is 2. The highest BCUT2D eigenvalue weighted by Gasteiger charge is 2.43. The molecule has 0 N–H and O–H groups in total. The molecular formula is C19H18O6. The van der Waals surface area contributed by atoms with Crippen molar-refractivity contribution in [3.05, 3.63) is 47.0 Å². The fraction of sp³-hybridized carbons (Fsp3) is 0.263. The molecule has 1 unspecified atom stereocenters. The van der Waals surface area contributed by atoms with Crippen molar-refractivity contribution < 1.29 is 28.5 Å². The second-order valence-corrected chi connectivity index (χ2v) is 5.50. The number of ether oxygens (including phenoxy) is 4. The molecule has 0 heterocycles. The van der Waals surface area contributed by atoms with Crippen LogP contribution < -0.4 is 18.9 Å². The van der Waals surface area contributed by atoms with Gasteiger partial charge < -0.3 is 18.9 Å². The molecule has 0 radical (unpaired) electrons. The van der Waals surface area contributed by atoms with E-state index in [0.29, 0.717) is 22.8 Å². The standard InChI is InChI=1S/C19H18O6/c1-22-11-7-5-10(6-8-11)14-16(20)12-9-13(23-2)18(24-3)19(25-4)15(12)17(14)21/h5-9,14H,1-4H3. The van der Waals surface area contributed by atoms with Gasteiger partial charge in [0.2, 0.25) is 5.75 Å². The van der Waals surface area contributed by atoms with Gasteiger partial charge in [-0.2, -0.15) is 0 Å². The maximum atomic E-state index is 13.0. The average molecular weight is 342 g/mol. The van der Waals surface area contributed by atoms with Crippen molar-refractivity contribution in [2.75, 3.05) is 28.4 Å². The fourth-order valence-corrected chi connectivity index (χ4v) is 3.11. The minimum Gasteiger partial charge on any atom is -0.497 e. The summed E-state index contributed by atoms with van der Waals surface area (Å²) in [7, 11) is 5.90. The molecule has 1 aliphatic carbocycles. The van der Waals surface area contributed by atoms with E-state index < -0.39 is 5.92 Å².